The summed E-state index contributed by atoms with van der Waals surface area (Å²) in [6.45, 7) is 0.936. The van der Waals surface area contributed by atoms with Crippen molar-refractivity contribution in [1.82, 2.24) is 25.5 Å². The van der Waals surface area contributed by atoms with Crippen LogP contribution in [0, 0.1) is 0 Å². The van der Waals surface area contributed by atoms with Crippen molar-refractivity contribution >= 4 is 17.2 Å². The van der Waals surface area contributed by atoms with Crippen LogP contribution in [0.4, 0.5) is 0 Å². The molecule has 0 saturated heterocycles. The van der Waals surface area contributed by atoms with E-state index in [1.807, 2.05) is 6.07 Å². The maximum Gasteiger partial charge on any atom is 0.251 e. The molecule has 3 rings (SSSR count). The van der Waals surface area contributed by atoms with Gasteiger partial charge in [0.15, 0.2) is 5.82 Å². The molecule has 1 N–H and O–H groups in total. The summed E-state index contributed by atoms with van der Waals surface area (Å²) in [5.41, 5.74) is 0.615. The Balaban J connectivity index is 1.43. The van der Waals surface area contributed by atoms with E-state index in [1.54, 1.807) is 47.3 Å². The van der Waals surface area contributed by atoms with Gasteiger partial charge in [-0.05, 0) is 59.0 Å². The molecule has 0 aliphatic carbocycles. The summed E-state index contributed by atoms with van der Waals surface area (Å²) in [6.07, 6.45) is 1.92. The number of carbonyl (C=O) groups is 1. The molecule has 0 saturated carbocycles. The summed E-state index contributed by atoms with van der Waals surface area (Å²) in [4.78, 5) is 13.5. The highest BCUT2D eigenvalue weighted by atomic mass is 32.1. The number of tetrazole rings is 1. The zero-order valence-electron chi connectivity index (χ0n) is 13.9. The third-order valence-corrected chi connectivity index (χ3v) is 4.59. The van der Waals surface area contributed by atoms with Crippen LogP contribution in [0.5, 0.6) is 5.75 Å². The largest absolute Gasteiger partial charge is 0.486 e. The average Bonchev–Trinajstić information content (AvgIpc) is 3.29. The first kappa shape index (κ1) is 17.1. The first-order valence-corrected chi connectivity index (χ1v) is 8.85. The standard InChI is InChI=1S/C17H19N5O2S/c1-22-16(19-20-21-22)12-24-14-8-6-13(7-9-14)17(23)18-10-2-4-15-5-3-11-25-15/h3,5-9,11H,2,4,10,12H2,1H3,(H,18,23). The molecule has 0 unspecified atom stereocenters. The van der Waals surface area contributed by atoms with Gasteiger partial charge in [-0.3, -0.25) is 4.79 Å². The molecule has 0 bridgehead atoms. The molecule has 2 heterocycles. The van der Waals surface area contributed by atoms with Gasteiger partial charge in [0, 0.05) is 24.0 Å². The van der Waals surface area contributed by atoms with Gasteiger partial charge in [-0.1, -0.05) is 6.07 Å². The lowest BCUT2D eigenvalue weighted by Crippen LogP contribution is -2.24. The Hall–Kier alpha value is -2.74. The van der Waals surface area contributed by atoms with Crippen LogP contribution >= 0.6 is 11.3 Å². The van der Waals surface area contributed by atoms with Crippen LogP contribution in [0.15, 0.2) is 41.8 Å². The van der Waals surface area contributed by atoms with Gasteiger partial charge in [0.2, 0.25) is 0 Å². The smallest absolute Gasteiger partial charge is 0.251 e. The molecule has 130 valence electrons. The van der Waals surface area contributed by atoms with E-state index in [0.717, 1.165) is 12.8 Å². The zero-order valence-corrected chi connectivity index (χ0v) is 14.7. The number of aromatic nitrogens is 4. The summed E-state index contributed by atoms with van der Waals surface area (Å²) >= 11 is 1.74. The van der Waals surface area contributed by atoms with Crippen LogP contribution in [-0.2, 0) is 20.1 Å². The normalized spacial score (nSPS) is 10.6. The van der Waals surface area contributed by atoms with E-state index in [9.17, 15) is 4.79 Å². The number of hydrogen-bond donors (Lipinski definition) is 1. The highest BCUT2D eigenvalue weighted by Crippen LogP contribution is 2.14. The Morgan fingerprint density at radius 2 is 2.12 bits per heavy atom. The van der Waals surface area contributed by atoms with Gasteiger partial charge in [0.1, 0.15) is 12.4 Å². The molecular formula is C17H19N5O2S. The van der Waals surface area contributed by atoms with Crippen molar-refractivity contribution in [2.75, 3.05) is 6.54 Å². The first-order valence-electron chi connectivity index (χ1n) is 7.97. The fraction of sp³-hybridized carbons (Fsp3) is 0.294. The molecule has 3 aromatic rings. The van der Waals surface area contributed by atoms with Crippen molar-refractivity contribution in [1.29, 1.82) is 0 Å². The molecule has 2 aromatic heterocycles. The maximum absolute atomic E-state index is 12.1. The predicted molar refractivity (Wildman–Crippen MR) is 94.5 cm³/mol. The zero-order chi connectivity index (χ0) is 17.5. The summed E-state index contributed by atoms with van der Waals surface area (Å²) in [5.74, 6) is 1.22. The Bertz CT molecular complexity index is 799. The number of nitrogens with zero attached hydrogens (tertiary/aromatic N) is 4. The highest BCUT2D eigenvalue weighted by molar-refractivity contribution is 7.09. The molecule has 0 spiro atoms. The van der Waals surface area contributed by atoms with Crippen LogP contribution in [-0.4, -0.2) is 32.7 Å². The Morgan fingerprint density at radius 3 is 2.80 bits per heavy atom. The van der Waals surface area contributed by atoms with Crippen molar-refractivity contribution < 1.29 is 9.53 Å². The molecular weight excluding hydrogens is 338 g/mol. The molecule has 0 fully saturated rings. The average molecular weight is 357 g/mol. The van der Waals surface area contributed by atoms with Crippen molar-refractivity contribution in [2.24, 2.45) is 7.05 Å². The minimum Gasteiger partial charge on any atom is -0.486 e. The van der Waals surface area contributed by atoms with Crippen molar-refractivity contribution in [2.45, 2.75) is 19.4 Å². The second-order valence-corrected chi connectivity index (χ2v) is 6.50. The topological polar surface area (TPSA) is 81.9 Å². The van der Waals surface area contributed by atoms with Crippen molar-refractivity contribution in [3.8, 4) is 5.75 Å². The van der Waals surface area contributed by atoms with Crippen LogP contribution in [0.1, 0.15) is 27.5 Å². The van der Waals surface area contributed by atoms with E-state index in [2.05, 4.69) is 32.3 Å². The Labute approximate surface area is 149 Å². The quantitative estimate of drug-likeness (QED) is 0.625. The van der Waals surface area contributed by atoms with Crippen LogP contribution in [0.2, 0.25) is 0 Å². The molecule has 8 heteroatoms. The monoisotopic (exact) mass is 357 g/mol. The number of nitrogens with one attached hydrogen (secondary N) is 1. The number of aryl methyl sites for hydroxylation is 2. The SMILES string of the molecule is Cn1nnnc1COc1ccc(C(=O)NCCCc2cccs2)cc1. The molecule has 1 aromatic carbocycles. The summed E-state index contributed by atoms with van der Waals surface area (Å²) in [5, 5.41) is 16.2. The van der Waals surface area contributed by atoms with Gasteiger partial charge < -0.3 is 10.1 Å². The molecule has 0 radical (unpaired) electrons. The van der Waals surface area contributed by atoms with E-state index in [-0.39, 0.29) is 12.5 Å². The number of carbonyl (C=O) groups excluding carboxylic acids is 1. The molecule has 0 aliphatic heterocycles. The maximum atomic E-state index is 12.1. The fourth-order valence-corrected chi connectivity index (χ4v) is 2.99. The lowest BCUT2D eigenvalue weighted by molar-refractivity contribution is 0.0953. The lowest BCUT2D eigenvalue weighted by Gasteiger charge is -2.07. The summed E-state index contributed by atoms with van der Waals surface area (Å²) < 4.78 is 7.17. The van der Waals surface area contributed by atoms with Gasteiger partial charge in [-0.15, -0.1) is 16.4 Å². The number of amides is 1. The number of hydrogen-bond acceptors (Lipinski definition) is 6. The number of rotatable bonds is 8. The third-order valence-electron chi connectivity index (χ3n) is 3.66. The minimum absolute atomic E-state index is 0.0739. The molecule has 0 aliphatic rings. The van der Waals surface area contributed by atoms with Gasteiger partial charge >= 0.3 is 0 Å². The molecule has 0 atom stereocenters. The highest BCUT2D eigenvalue weighted by Gasteiger charge is 2.07. The van der Waals surface area contributed by atoms with E-state index >= 15 is 0 Å². The van der Waals surface area contributed by atoms with Crippen LogP contribution in [0.25, 0.3) is 0 Å². The lowest BCUT2D eigenvalue weighted by atomic mass is 10.2. The molecule has 7 nitrogen and oxygen atoms in total. The molecule has 1 amide bonds. The summed E-state index contributed by atoms with van der Waals surface area (Å²) in [7, 11) is 1.75. The van der Waals surface area contributed by atoms with E-state index < -0.39 is 0 Å². The van der Waals surface area contributed by atoms with Crippen LogP contribution < -0.4 is 10.1 Å². The van der Waals surface area contributed by atoms with E-state index in [1.165, 1.54) is 4.88 Å². The third kappa shape index (κ3) is 4.87. The fourth-order valence-electron chi connectivity index (χ4n) is 2.24. The predicted octanol–water partition coefficient (Wildman–Crippen LogP) is 2.21. The minimum atomic E-state index is -0.0739. The number of thiophene rings is 1. The van der Waals surface area contributed by atoms with E-state index in [4.69, 9.17) is 4.74 Å². The second-order valence-electron chi connectivity index (χ2n) is 5.47. The van der Waals surface area contributed by atoms with E-state index in [0.29, 0.717) is 23.7 Å². The Kier molecular flexibility index (Phi) is 5.73. The van der Waals surface area contributed by atoms with Gasteiger partial charge in [-0.2, -0.15) is 0 Å². The van der Waals surface area contributed by atoms with Gasteiger partial charge in [0.25, 0.3) is 5.91 Å². The number of ether oxygens (including phenoxy) is 1. The van der Waals surface area contributed by atoms with Gasteiger partial charge in [-0.25, -0.2) is 4.68 Å². The first-order chi connectivity index (χ1) is 12.2. The van der Waals surface area contributed by atoms with Crippen LogP contribution in [0.3, 0.4) is 0 Å². The molecule has 25 heavy (non-hydrogen) atoms. The van der Waals surface area contributed by atoms with Crippen molar-refractivity contribution in [3.63, 3.8) is 0 Å². The van der Waals surface area contributed by atoms with Gasteiger partial charge in [0.05, 0.1) is 0 Å². The second kappa shape index (κ2) is 8.39. The Morgan fingerprint density at radius 1 is 1.28 bits per heavy atom. The summed E-state index contributed by atoms with van der Waals surface area (Å²) in [6, 6.07) is 11.2. The number of benzene rings is 1. The van der Waals surface area contributed by atoms with Crippen molar-refractivity contribution in [3.05, 3.63) is 58.0 Å².